The molecule has 3 rings (SSSR count). The molecule has 1 fully saturated rings. The Morgan fingerprint density at radius 2 is 2.00 bits per heavy atom. The van der Waals surface area contributed by atoms with Gasteiger partial charge < -0.3 is 10.6 Å². The number of anilines is 1. The number of rotatable bonds is 7. The summed E-state index contributed by atoms with van der Waals surface area (Å²) in [6.07, 6.45) is 0.130. The molecule has 1 aromatic heterocycles. The molecule has 3 N–H and O–H groups in total. The number of thiophene rings is 1. The van der Waals surface area contributed by atoms with Crippen LogP contribution in [0.3, 0.4) is 0 Å². The minimum atomic E-state index is -3.82. The SMILES string of the molecule is CC(C)C(NC(=O)C1CC(S(=O)(=O)Nc2ccccc2F)CN1)c1cccs1. The van der Waals surface area contributed by atoms with Crippen molar-refractivity contribution in [3.05, 3.63) is 52.5 Å². The molecule has 0 saturated carbocycles. The van der Waals surface area contributed by atoms with Crippen LogP contribution in [-0.4, -0.2) is 32.2 Å². The van der Waals surface area contributed by atoms with E-state index in [0.29, 0.717) is 0 Å². The number of hydrogen-bond donors (Lipinski definition) is 3. The van der Waals surface area contributed by atoms with Crippen molar-refractivity contribution in [2.75, 3.05) is 11.3 Å². The van der Waals surface area contributed by atoms with Crippen LogP contribution in [0.15, 0.2) is 41.8 Å². The van der Waals surface area contributed by atoms with E-state index in [0.717, 1.165) is 4.88 Å². The molecule has 0 aliphatic carbocycles. The number of carbonyl (C=O) groups is 1. The summed E-state index contributed by atoms with van der Waals surface area (Å²) >= 11 is 1.57. The highest BCUT2D eigenvalue weighted by Crippen LogP contribution is 2.27. The lowest BCUT2D eigenvalue weighted by Gasteiger charge is -2.23. The van der Waals surface area contributed by atoms with Gasteiger partial charge in [-0.1, -0.05) is 32.0 Å². The van der Waals surface area contributed by atoms with Gasteiger partial charge in [-0.2, -0.15) is 0 Å². The molecule has 3 atom stereocenters. The molecule has 0 bridgehead atoms. The monoisotopic (exact) mass is 425 g/mol. The largest absolute Gasteiger partial charge is 0.347 e. The third-order valence-corrected chi connectivity index (χ3v) is 7.48. The van der Waals surface area contributed by atoms with Crippen molar-refractivity contribution in [2.45, 2.75) is 37.6 Å². The van der Waals surface area contributed by atoms with Gasteiger partial charge in [-0.3, -0.25) is 9.52 Å². The minimum absolute atomic E-state index is 0.0898. The molecule has 1 saturated heterocycles. The Kier molecular flexibility index (Phi) is 6.36. The topological polar surface area (TPSA) is 87.3 Å². The Hall–Kier alpha value is -1.97. The number of para-hydroxylation sites is 1. The average molecular weight is 426 g/mol. The van der Waals surface area contributed by atoms with Gasteiger partial charge in [-0.25, -0.2) is 12.8 Å². The van der Waals surface area contributed by atoms with Gasteiger partial charge in [0, 0.05) is 11.4 Å². The van der Waals surface area contributed by atoms with Crippen LogP contribution in [0.5, 0.6) is 0 Å². The molecule has 1 amide bonds. The first-order valence-electron chi connectivity index (χ1n) is 9.11. The van der Waals surface area contributed by atoms with Crippen LogP contribution in [-0.2, 0) is 14.8 Å². The first kappa shape index (κ1) is 20.8. The van der Waals surface area contributed by atoms with Gasteiger partial charge in [0.1, 0.15) is 5.82 Å². The molecule has 9 heteroatoms. The quantitative estimate of drug-likeness (QED) is 0.637. The van der Waals surface area contributed by atoms with Crippen molar-refractivity contribution in [2.24, 2.45) is 5.92 Å². The highest BCUT2D eigenvalue weighted by atomic mass is 32.2. The normalized spacial score (nSPS) is 20.9. The van der Waals surface area contributed by atoms with Crippen molar-refractivity contribution >= 4 is 33.0 Å². The Balaban J connectivity index is 1.64. The molecular weight excluding hydrogens is 401 g/mol. The Morgan fingerprint density at radius 1 is 1.25 bits per heavy atom. The zero-order valence-electron chi connectivity index (χ0n) is 15.7. The Morgan fingerprint density at radius 3 is 2.64 bits per heavy atom. The molecule has 152 valence electrons. The van der Waals surface area contributed by atoms with Gasteiger partial charge in [-0.15, -0.1) is 11.3 Å². The summed E-state index contributed by atoms with van der Waals surface area (Å²) in [5.41, 5.74) is -0.0898. The Bertz CT molecular complexity index is 916. The summed E-state index contributed by atoms with van der Waals surface area (Å²) < 4.78 is 41.2. The predicted octanol–water partition coefficient (Wildman–Crippen LogP) is 2.87. The lowest BCUT2D eigenvalue weighted by atomic mass is 10.0. The standard InChI is InChI=1S/C19H24FN3O3S2/c1-12(2)18(17-8-5-9-27-17)22-19(24)16-10-13(11-21-16)28(25,26)23-15-7-4-3-6-14(15)20/h3-9,12-13,16,18,21,23H,10-11H2,1-2H3,(H,22,24). The number of nitrogens with one attached hydrogen (secondary N) is 3. The second-order valence-electron chi connectivity index (χ2n) is 7.19. The van der Waals surface area contributed by atoms with Crippen molar-refractivity contribution in [3.63, 3.8) is 0 Å². The van der Waals surface area contributed by atoms with E-state index in [4.69, 9.17) is 0 Å². The van der Waals surface area contributed by atoms with Gasteiger partial charge in [0.2, 0.25) is 15.9 Å². The lowest BCUT2D eigenvalue weighted by Crippen LogP contribution is -2.43. The smallest absolute Gasteiger partial charge is 0.237 e. The summed E-state index contributed by atoms with van der Waals surface area (Å²) in [4.78, 5) is 13.8. The zero-order chi connectivity index (χ0) is 20.3. The minimum Gasteiger partial charge on any atom is -0.347 e. The van der Waals surface area contributed by atoms with Gasteiger partial charge in [-0.05, 0) is 35.9 Å². The average Bonchev–Trinajstić information content (AvgIpc) is 3.33. The van der Waals surface area contributed by atoms with Gasteiger partial charge in [0.15, 0.2) is 0 Å². The van der Waals surface area contributed by atoms with Crippen molar-refractivity contribution in [1.82, 2.24) is 10.6 Å². The Labute approximate surface area is 168 Å². The number of halogens is 1. The van der Waals surface area contributed by atoms with E-state index >= 15 is 0 Å². The summed E-state index contributed by atoms with van der Waals surface area (Å²) in [6.45, 7) is 4.18. The van der Waals surface area contributed by atoms with Crippen LogP contribution in [0, 0.1) is 11.7 Å². The number of carbonyl (C=O) groups excluding carboxylic acids is 1. The number of benzene rings is 1. The zero-order valence-corrected chi connectivity index (χ0v) is 17.3. The second kappa shape index (κ2) is 8.59. The molecule has 0 radical (unpaired) electrons. The van der Waals surface area contributed by atoms with Crippen molar-refractivity contribution < 1.29 is 17.6 Å². The summed E-state index contributed by atoms with van der Waals surface area (Å²) in [5.74, 6) is -0.663. The summed E-state index contributed by atoms with van der Waals surface area (Å²) in [6, 6.07) is 8.79. The third-order valence-electron chi connectivity index (χ3n) is 4.79. The molecule has 6 nitrogen and oxygen atoms in total. The first-order chi connectivity index (χ1) is 13.3. The number of hydrogen-bond acceptors (Lipinski definition) is 5. The van der Waals surface area contributed by atoms with E-state index in [1.54, 1.807) is 17.4 Å². The maximum atomic E-state index is 13.8. The lowest BCUT2D eigenvalue weighted by molar-refractivity contribution is -0.123. The van der Waals surface area contributed by atoms with Crippen molar-refractivity contribution in [1.29, 1.82) is 0 Å². The van der Waals surface area contributed by atoms with Gasteiger partial charge >= 0.3 is 0 Å². The van der Waals surface area contributed by atoms with Gasteiger partial charge in [0.05, 0.1) is 23.0 Å². The number of sulfonamides is 1. The van der Waals surface area contributed by atoms with Crippen LogP contribution in [0.2, 0.25) is 0 Å². The van der Waals surface area contributed by atoms with Gasteiger partial charge in [0.25, 0.3) is 0 Å². The molecule has 3 unspecified atom stereocenters. The molecular formula is C19H24FN3O3S2. The van der Waals surface area contributed by atoms with E-state index in [2.05, 4.69) is 15.4 Å². The predicted molar refractivity (Wildman–Crippen MR) is 109 cm³/mol. The third kappa shape index (κ3) is 4.71. The highest BCUT2D eigenvalue weighted by Gasteiger charge is 2.38. The first-order valence-corrected chi connectivity index (χ1v) is 11.5. The van der Waals surface area contributed by atoms with E-state index < -0.39 is 27.1 Å². The van der Waals surface area contributed by atoms with Crippen LogP contribution in [0.25, 0.3) is 0 Å². The maximum absolute atomic E-state index is 13.8. The highest BCUT2D eigenvalue weighted by molar-refractivity contribution is 7.93. The molecule has 1 aromatic carbocycles. The molecule has 0 spiro atoms. The summed E-state index contributed by atoms with van der Waals surface area (Å²) in [5, 5.41) is 7.15. The van der Waals surface area contributed by atoms with Crippen LogP contribution >= 0.6 is 11.3 Å². The fraction of sp³-hybridized carbons (Fsp3) is 0.421. The molecule has 2 heterocycles. The maximum Gasteiger partial charge on any atom is 0.237 e. The van der Waals surface area contributed by atoms with Crippen LogP contribution < -0.4 is 15.4 Å². The fourth-order valence-corrected chi connectivity index (χ4v) is 5.56. The molecule has 1 aliphatic heterocycles. The van der Waals surface area contributed by atoms with Crippen LogP contribution in [0.4, 0.5) is 10.1 Å². The summed E-state index contributed by atoms with van der Waals surface area (Å²) in [7, 11) is -3.82. The van der Waals surface area contributed by atoms with E-state index in [-0.39, 0.29) is 36.5 Å². The van der Waals surface area contributed by atoms with Crippen molar-refractivity contribution in [3.8, 4) is 0 Å². The van der Waals surface area contributed by atoms with Crippen LogP contribution in [0.1, 0.15) is 31.2 Å². The molecule has 2 aromatic rings. The van der Waals surface area contributed by atoms with E-state index in [9.17, 15) is 17.6 Å². The second-order valence-corrected chi connectivity index (χ2v) is 10.1. The molecule has 28 heavy (non-hydrogen) atoms. The molecule has 1 aliphatic rings. The van der Waals surface area contributed by atoms with E-state index in [1.807, 2.05) is 31.4 Å². The van der Waals surface area contributed by atoms with E-state index in [1.165, 1.54) is 18.2 Å². The fourth-order valence-electron chi connectivity index (χ4n) is 3.21. The number of amides is 1.